The monoisotopic (exact) mass is 655 g/mol. The minimum absolute atomic E-state index is 0. The van der Waals surface area contributed by atoms with Gasteiger partial charge in [0.1, 0.15) is 12.6 Å². The zero-order valence-corrected chi connectivity index (χ0v) is 26.0. The van der Waals surface area contributed by atoms with Gasteiger partial charge in [-0.25, -0.2) is 4.90 Å². The molecule has 0 spiro atoms. The van der Waals surface area contributed by atoms with Crippen molar-refractivity contribution in [2.45, 2.75) is 13.8 Å². The van der Waals surface area contributed by atoms with E-state index >= 15 is 0 Å². The van der Waals surface area contributed by atoms with Gasteiger partial charge in [-0.15, -0.1) is 0 Å². The van der Waals surface area contributed by atoms with Crippen LogP contribution in [0.2, 0.25) is 0 Å². The van der Waals surface area contributed by atoms with Crippen molar-refractivity contribution in [3.05, 3.63) is 121 Å². The number of carboxylic acids is 2. The van der Waals surface area contributed by atoms with E-state index in [0.29, 0.717) is 0 Å². The van der Waals surface area contributed by atoms with E-state index in [4.69, 9.17) is 19.8 Å². The van der Waals surface area contributed by atoms with Gasteiger partial charge in [-0.05, 0) is 55.6 Å². The number of aliphatic carboxylic acids is 2. The van der Waals surface area contributed by atoms with Crippen molar-refractivity contribution in [1.82, 2.24) is 4.90 Å². The third-order valence-corrected chi connectivity index (χ3v) is 11.2. The maximum atomic E-state index is 9.00. The van der Waals surface area contributed by atoms with Gasteiger partial charge in [0.05, 0.1) is 37.1 Å². The van der Waals surface area contributed by atoms with Gasteiger partial charge in [-0.3, -0.25) is 9.59 Å². The Morgan fingerprint density at radius 3 is 0.897 bits per heavy atom. The van der Waals surface area contributed by atoms with E-state index in [1.165, 1.54) is 21.2 Å². The first-order chi connectivity index (χ1) is 18.3. The molecule has 4 aromatic carbocycles. The molecule has 4 rings (SSSR count). The fraction of sp³-hybridized carbons (Fsp3) is 0.161. The van der Waals surface area contributed by atoms with Crippen LogP contribution >= 0.6 is 15.8 Å². The van der Waals surface area contributed by atoms with E-state index in [9.17, 15) is 0 Å². The van der Waals surface area contributed by atoms with E-state index in [1.807, 2.05) is 0 Å². The Balaban J connectivity index is 0.000000748. The summed E-state index contributed by atoms with van der Waals surface area (Å²) in [6.07, 6.45) is 2.21. The van der Waals surface area contributed by atoms with Crippen LogP contribution in [-0.2, 0) is 30.0 Å². The molecule has 0 saturated carbocycles. The van der Waals surface area contributed by atoms with Gasteiger partial charge >= 0.3 is 0 Å². The molecule has 0 aliphatic carbocycles. The first-order valence-corrected chi connectivity index (χ1v) is 15.7. The maximum absolute atomic E-state index is 9.00. The van der Waals surface area contributed by atoms with Crippen molar-refractivity contribution in [1.29, 1.82) is 0 Å². The third kappa shape index (κ3) is 13.8. The summed E-state index contributed by atoms with van der Waals surface area (Å²) in [6.45, 7) is 2.17. The molecule has 0 aliphatic heterocycles. The molecular formula is C31H37NO4P2Pd+2. The number of benzene rings is 4. The molecule has 0 atom stereocenters. The number of rotatable bonds is 8. The maximum Gasteiger partial charge on any atom is 0.300 e. The van der Waals surface area contributed by atoms with Gasteiger partial charge in [0, 0.05) is 34.3 Å². The van der Waals surface area contributed by atoms with Crippen LogP contribution in [0, 0.1) is 0 Å². The summed E-state index contributed by atoms with van der Waals surface area (Å²) >= 11 is 0. The van der Waals surface area contributed by atoms with Crippen LogP contribution in [0.25, 0.3) is 0 Å². The molecule has 0 saturated heterocycles. The Kier molecular flexibility index (Phi) is 17.1. The predicted octanol–water partition coefficient (Wildman–Crippen LogP) is 4.74. The van der Waals surface area contributed by atoms with Crippen LogP contribution in [0.5, 0.6) is 0 Å². The topological polar surface area (TPSA) is 77.8 Å². The van der Waals surface area contributed by atoms with Gasteiger partial charge in [0.15, 0.2) is 0 Å². The van der Waals surface area contributed by atoms with Crippen LogP contribution in [0.4, 0.5) is 0 Å². The standard InChI is InChI=1S/C27H27NP2.2C2H4O2.Pd/c1-28(22-29(24-14-6-2-7-15-24)25-16-8-3-9-17-25)23-30(26-18-10-4-11-19-26)27-20-12-5-13-21-27;2*1-2(3)4;/h2-21H,22-23H2,1H3;2*1H3,(H,3,4);/p+2. The Morgan fingerprint density at radius 1 is 0.538 bits per heavy atom. The number of hydrogen-bond acceptors (Lipinski definition) is 3. The Hall–Kier alpha value is -2.70. The number of carbonyl (C=O) groups is 2. The van der Waals surface area contributed by atoms with Crippen molar-refractivity contribution < 1.29 is 40.2 Å². The SMILES string of the molecule is CC(=O)O.CC(=O)O.CN(C[PH+](c1ccccc1)c1ccccc1)C[PH+](c1ccccc1)c1ccccc1.[Pd]. The van der Waals surface area contributed by atoms with E-state index < -0.39 is 27.8 Å². The number of carboxylic acid groups (broad SMARTS) is 2. The summed E-state index contributed by atoms with van der Waals surface area (Å²) in [7, 11) is 0.569. The molecule has 0 radical (unpaired) electrons. The average Bonchev–Trinajstić information content (AvgIpc) is 2.92. The van der Waals surface area contributed by atoms with Crippen LogP contribution in [0.1, 0.15) is 13.8 Å². The summed E-state index contributed by atoms with van der Waals surface area (Å²) in [5, 5.41) is 20.8. The van der Waals surface area contributed by atoms with E-state index in [-0.39, 0.29) is 20.4 Å². The second-order valence-electron chi connectivity index (χ2n) is 8.63. The second kappa shape index (κ2) is 19.4. The molecule has 8 heteroatoms. The van der Waals surface area contributed by atoms with E-state index in [2.05, 4.69) is 133 Å². The minimum Gasteiger partial charge on any atom is -0.481 e. The van der Waals surface area contributed by atoms with Gasteiger partial charge in [0.25, 0.3) is 11.9 Å². The molecule has 0 amide bonds. The molecule has 0 bridgehead atoms. The van der Waals surface area contributed by atoms with Crippen molar-refractivity contribution in [2.75, 3.05) is 19.6 Å². The number of nitrogens with zero attached hydrogens (tertiary/aromatic N) is 1. The second-order valence-corrected chi connectivity index (χ2v) is 13.5. The summed E-state index contributed by atoms with van der Waals surface area (Å²) in [4.78, 5) is 20.6. The van der Waals surface area contributed by atoms with Gasteiger partial charge in [-0.2, -0.15) is 0 Å². The van der Waals surface area contributed by atoms with E-state index in [1.54, 1.807) is 0 Å². The van der Waals surface area contributed by atoms with Crippen LogP contribution in [0.3, 0.4) is 0 Å². The molecule has 39 heavy (non-hydrogen) atoms. The first-order valence-electron chi connectivity index (χ1n) is 12.3. The molecule has 208 valence electrons. The van der Waals surface area contributed by atoms with Gasteiger partial charge in [0.2, 0.25) is 0 Å². The Labute approximate surface area is 248 Å². The van der Waals surface area contributed by atoms with E-state index in [0.717, 1.165) is 26.4 Å². The Bertz CT molecular complexity index is 1030. The molecule has 5 nitrogen and oxygen atoms in total. The fourth-order valence-electron chi connectivity index (χ4n) is 3.85. The zero-order chi connectivity index (χ0) is 27.8. The van der Waals surface area contributed by atoms with Gasteiger partial charge in [-0.1, -0.05) is 72.8 Å². The molecule has 0 heterocycles. The molecule has 0 fully saturated rings. The summed E-state index contributed by atoms with van der Waals surface area (Å²) in [6, 6.07) is 44.2. The molecule has 0 aliphatic rings. The first kappa shape index (κ1) is 34.3. The fourth-order valence-corrected chi connectivity index (χ4v) is 9.15. The molecule has 0 aromatic heterocycles. The normalized spacial score (nSPS) is 10.0. The average molecular weight is 656 g/mol. The molecule has 4 aromatic rings. The third-order valence-electron chi connectivity index (χ3n) is 5.35. The smallest absolute Gasteiger partial charge is 0.300 e. The van der Waals surface area contributed by atoms with Crippen molar-refractivity contribution >= 4 is 49.0 Å². The van der Waals surface area contributed by atoms with Crippen molar-refractivity contribution in [2.24, 2.45) is 0 Å². The summed E-state index contributed by atoms with van der Waals surface area (Å²) in [5.41, 5.74) is 0. The van der Waals surface area contributed by atoms with Crippen molar-refractivity contribution in [3.8, 4) is 0 Å². The van der Waals surface area contributed by atoms with Crippen LogP contribution < -0.4 is 21.2 Å². The largest absolute Gasteiger partial charge is 0.481 e. The molecule has 2 N–H and O–H groups in total. The molecular weight excluding hydrogens is 619 g/mol. The minimum atomic E-state index is -0.865. The Morgan fingerprint density at radius 2 is 0.718 bits per heavy atom. The van der Waals surface area contributed by atoms with Crippen LogP contribution in [-0.4, -0.2) is 46.7 Å². The molecule has 0 unspecified atom stereocenters. The predicted molar refractivity (Wildman–Crippen MR) is 165 cm³/mol. The summed E-state index contributed by atoms with van der Waals surface area (Å²) < 4.78 is 0. The van der Waals surface area contributed by atoms with Crippen LogP contribution in [0.15, 0.2) is 121 Å². The zero-order valence-electron chi connectivity index (χ0n) is 22.4. The quantitative estimate of drug-likeness (QED) is 0.212. The van der Waals surface area contributed by atoms with Crippen molar-refractivity contribution in [3.63, 3.8) is 0 Å². The summed E-state index contributed by atoms with van der Waals surface area (Å²) in [5.74, 6) is -1.67. The van der Waals surface area contributed by atoms with Gasteiger partial charge < -0.3 is 10.2 Å². The number of hydrogen-bond donors (Lipinski definition) is 2.